The normalized spacial score (nSPS) is 12.1. The summed E-state index contributed by atoms with van der Waals surface area (Å²) in [5, 5.41) is 3.46. The number of pyridine rings is 1. The van der Waals surface area contributed by atoms with Crippen molar-refractivity contribution in [2.24, 2.45) is 0 Å². The highest BCUT2D eigenvalue weighted by molar-refractivity contribution is 5.69. The van der Waals surface area contributed by atoms with E-state index in [4.69, 9.17) is 4.74 Å². The first-order valence-electron chi connectivity index (χ1n) is 7.03. The predicted molar refractivity (Wildman–Crippen MR) is 75.8 cm³/mol. The summed E-state index contributed by atoms with van der Waals surface area (Å²) in [6.07, 6.45) is 7.23. The highest BCUT2D eigenvalue weighted by Crippen LogP contribution is 2.10. The summed E-state index contributed by atoms with van der Waals surface area (Å²) in [6, 6.07) is 4.34. The average Bonchev–Trinajstić information content (AvgIpc) is 2.43. The number of hydrogen-bond donors (Lipinski definition) is 1. The standard InChI is InChI=1S/C15H24N2O2/c1-3-19-15(18)9-5-4-6-11-17-13(2)14-8-7-10-16-12-14/h7-8,10,12-13,17H,3-6,9,11H2,1-2H3. The third-order valence-corrected chi connectivity index (χ3v) is 3.00. The molecule has 1 N–H and O–H groups in total. The number of aromatic nitrogens is 1. The molecule has 0 radical (unpaired) electrons. The van der Waals surface area contributed by atoms with Gasteiger partial charge in [0.05, 0.1) is 6.61 Å². The molecule has 0 fully saturated rings. The number of unbranched alkanes of at least 4 members (excludes halogenated alkanes) is 2. The molecule has 4 nitrogen and oxygen atoms in total. The molecule has 1 rings (SSSR count). The van der Waals surface area contributed by atoms with E-state index in [2.05, 4.69) is 23.3 Å². The maximum Gasteiger partial charge on any atom is 0.305 e. The van der Waals surface area contributed by atoms with Crippen molar-refractivity contribution < 1.29 is 9.53 Å². The lowest BCUT2D eigenvalue weighted by atomic mass is 10.1. The van der Waals surface area contributed by atoms with Crippen LogP contribution in [-0.4, -0.2) is 24.1 Å². The van der Waals surface area contributed by atoms with Gasteiger partial charge in [-0.15, -0.1) is 0 Å². The molecule has 0 aliphatic heterocycles. The Balaban J connectivity index is 2.03. The number of nitrogens with zero attached hydrogens (tertiary/aromatic N) is 1. The Labute approximate surface area is 115 Å². The van der Waals surface area contributed by atoms with E-state index >= 15 is 0 Å². The summed E-state index contributed by atoms with van der Waals surface area (Å²) in [6.45, 7) is 5.40. The fourth-order valence-electron chi connectivity index (χ4n) is 1.87. The highest BCUT2D eigenvalue weighted by atomic mass is 16.5. The molecule has 0 saturated carbocycles. The maximum absolute atomic E-state index is 11.1. The van der Waals surface area contributed by atoms with Gasteiger partial charge in [-0.25, -0.2) is 0 Å². The molecule has 19 heavy (non-hydrogen) atoms. The number of ether oxygens (including phenoxy) is 1. The molecule has 0 spiro atoms. The number of esters is 1. The summed E-state index contributed by atoms with van der Waals surface area (Å²) < 4.78 is 4.88. The number of carbonyl (C=O) groups is 1. The van der Waals surface area contributed by atoms with E-state index in [-0.39, 0.29) is 5.97 Å². The molecular formula is C15H24N2O2. The van der Waals surface area contributed by atoms with Gasteiger partial charge in [0, 0.05) is 24.9 Å². The van der Waals surface area contributed by atoms with Crippen LogP contribution in [0.3, 0.4) is 0 Å². The number of hydrogen-bond acceptors (Lipinski definition) is 4. The summed E-state index contributed by atoms with van der Waals surface area (Å²) in [5.74, 6) is -0.0841. The molecule has 1 heterocycles. The first-order chi connectivity index (χ1) is 9.24. The molecular weight excluding hydrogens is 240 g/mol. The van der Waals surface area contributed by atoms with Crippen LogP contribution in [0.2, 0.25) is 0 Å². The van der Waals surface area contributed by atoms with E-state index in [1.165, 1.54) is 5.56 Å². The van der Waals surface area contributed by atoms with Crippen LogP contribution in [0.25, 0.3) is 0 Å². The molecule has 1 aromatic rings. The van der Waals surface area contributed by atoms with Gasteiger partial charge in [-0.3, -0.25) is 9.78 Å². The van der Waals surface area contributed by atoms with Gasteiger partial charge in [-0.05, 0) is 44.9 Å². The Morgan fingerprint density at radius 3 is 2.95 bits per heavy atom. The minimum atomic E-state index is -0.0841. The Morgan fingerprint density at radius 2 is 2.26 bits per heavy atom. The van der Waals surface area contributed by atoms with Crippen LogP contribution in [-0.2, 0) is 9.53 Å². The molecule has 0 bridgehead atoms. The highest BCUT2D eigenvalue weighted by Gasteiger charge is 2.04. The zero-order valence-electron chi connectivity index (χ0n) is 11.9. The fraction of sp³-hybridized carbons (Fsp3) is 0.600. The lowest BCUT2D eigenvalue weighted by Gasteiger charge is -2.13. The summed E-state index contributed by atoms with van der Waals surface area (Å²) in [5.41, 5.74) is 1.20. The van der Waals surface area contributed by atoms with Crippen LogP contribution in [0, 0.1) is 0 Å². The Hall–Kier alpha value is -1.42. The Morgan fingerprint density at radius 1 is 1.42 bits per heavy atom. The first-order valence-corrected chi connectivity index (χ1v) is 7.03. The smallest absolute Gasteiger partial charge is 0.305 e. The molecule has 1 unspecified atom stereocenters. The largest absolute Gasteiger partial charge is 0.466 e. The van der Waals surface area contributed by atoms with E-state index < -0.39 is 0 Å². The van der Waals surface area contributed by atoms with Gasteiger partial charge < -0.3 is 10.1 Å². The monoisotopic (exact) mass is 264 g/mol. The van der Waals surface area contributed by atoms with E-state index in [0.717, 1.165) is 25.8 Å². The molecule has 0 aliphatic carbocycles. The fourth-order valence-corrected chi connectivity index (χ4v) is 1.87. The summed E-state index contributed by atoms with van der Waals surface area (Å²) in [7, 11) is 0. The van der Waals surface area contributed by atoms with Gasteiger partial charge in [0.15, 0.2) is 0 Å². The van der Waals surface area contributed by atoms with Crippen LogP contribution < -0.4 is 5.32 Å². The minimum Gasteiger partial charge on any atom is -0.466 e. The van der Waals surface area contributed by atoms with Crippen molar-refractivity contribution in [3.05, 3.63) is 30.1 Å². The molecule has 0 aromatic carbocycles. The first kappa shape index (κ1) is 15.6. The number of rotatable bonds is 9. The van der Waals surface area contributed by atoms with Crippen molar-refractivity contribution in [2.75, 3.05) is 13.2 Å². The van der Waals surface area contributed by atoms with Crippen molar-refractivity contribution in [3.63, 3.8) is 0 Å². The molecule has 0 saturated heterocycles. The molecule has 106 valence electrons. The summed E-state index contributed by atoms with van der Waals surface area (Å²) in [4.78, 5) is 15.2. The molecule has 1 aromatic heterocycles. The molecule has 4 heteroatoms. The Kier molecular flexibility index (Phi) is 7.82. The van der Waals surface area contributed by atoms with E-state index in [1.54, 1.807) is 6.20 Å². The maximum atomic E-state index is 11.1. The van der Waals surface area contributed by atoms with E-state index in [9.17, 15) is 4.79 Å². The summed E-state index contributed by atoms with van der Waals surface area (Å²) >= 11 is 0. The van der Waals surface area contributed by atoms with Crippen molar-refractivity contribution in [1.29, 1.82) is 0 Å². The second kappa shape index (κ2) is 9.50. The average molecular weight is 264 g/mol. The second-order valence-corrected chi connectivity index (χ2v) is 4.58. The number of carbonyl (C=O) groups excluding carboxylic acids is 1. The number of nitrogens with one attached hydrogen (secondary N) is 1. The van der Waals surface area contributed by atoms with Crippen LogP contribution in [0.1, 0.15) is 51.1 Å². The van der Waals surface area contributed by atoms with E-state index in [0.29, 0.717) is 19.1 Å². The molecule has 0 amide bonds. The molecule has 1 atom stereocenters. The van der Waals surface area contributed by atoms with Gasteiger partial charge in [0.1, 0.15) is 0 Å². The SMILES string of the molecule is CCOC(=O)CCCCCNC(C)c1cccnc1. The van der Waals surface area contributed by atoms with Gasteiger partial charge in [0.2, 0.25) is 0 Å². The van der Waals surface area contributed by atoms with Gasteiger partial charge in [-0.2, -0.15) is 0 Å². The third-order valence-electron chi connectivity index (χ3n) is 3.00. The van der Waals surface area contributed by atoms with Gasteiger partial charge >= 0.3 is 5.97 Å². The Bertz CT molecular complexity index is 354. The molecule has 0 aliphatic rings. The minimum absolute atomic E-state index is 0.0841. The topological polar surface area (TPSA) is 51.2 Å². The van der Waals surface area contributed by atoms with Crippen molar-refractivity contribution in [2.45, 2.75) is 45.6 Å². The van der Waals surface area contributed by atoms with Crippen LogP contribution in [0.4, 0.5) is 0 Å². The lowest BCUT2D eigenvalue weighted by Crippen LogP contribution is -2.19. The third kappa shape index (κ3) is 6.91. The van der Waals surface area contributed by atoms with Gasteiger partial charge in [-0.1, -0.05) is 12.5 Å². The lowest BCUT2D eigenvalue weighted by molar-refractivity contribution is -0.143. The second-order valence-electron chi connectivity index (χ2n) is 4.58. The van der Waals surface area contributed by atoms with E-state index in [1.807, 2.05) is 19.2 Å². The van der Waals surface area contributed by atoms with Crippen molar-refractivity contribution in [3.8, 4) is 0 Å². The quantitative estimate of drug-likeness (QED) is 0.550. The van der Waals surface area contributed by atoms with Crippen LogP contribution in [0.15, 0.2) is 24.5 Å². The zero-order chi connectivity index (χ0) is 13.9. The van der Waals surface area contributed by atoms with Gasteiger partial charge in [0.25, 0.3) is 0 Å². The van der Waals surface area contributed by atoms with Crippen LogP contribution >= 0.6 is 0 Å². The van der Waals surface area contributed by atoms with Crippen molar-refractivity contribution >= 4 is 5.97 Å². The predicted octanol–water partition coefficient (Wildman–Crippen LogP) is 2.86. The van der Waals surface area contributed by atoms with Crippen molar-refractivity contribution in [1.82, 2.24) is 10.3 Å². The zero-order valence-corrected chi connectivity index (χ0v) is 11.9. The van der Waals surface area contributed by atoms with Crippen LogP contribution in [0.5, 0.6) is 0 Å².